The molecule has 6 nitrogen and oxygen atoms in total. The summed E-state index contributed by atoms with van der Waals surface area (Å²) in [5, 5.41) is 7.36. The Hall–Kier alpha value is -3.41. The van der Waals surface area contributed by atoms with Crippen LogP contribution in [-0.2, 0) is 19.3 Å². The molecule has 5 rings (SSSR count). The van der Waals surface area contributed by atoms with Crippen LogP contribution < -0.4 is 5.56 Å². The van der Waals surface area contributed by atoms with Gasteiger partial charge in [-0.25, -0.2) is 4.68 Å². The third-order valence-corrected chi connectivity index (χ3v) is 5.20. The van der Waals surface area contributed by atoms with Crippen molar-refractivity contribution < 1.29 is 9.32 Å². The zero-order chi connectivity index (χ0) is 18.4. The number of hydrogen-bond donors (Lipinski definition) is 1. The second-order valence-electron chi connectivity index (χ2n) is 6.78. The van der Waals surface area contributed by atoms with Gasteiger partial charge in [-0.15, -0.1) is 0 Å². The van der Waals surface area contributed by atoms with E-state index in [-0.39, 0.29) is 17.9 Å². The highest BCUT2D eigenvalue weighted by Gasteiger charge is 2.24. The van der Waals surface area contributed by atoms with Gasteiger partial charge in [-0.3, -0.25) is 14.7 Å². The van der Waals surface area contributed by atoms with Gasteiger partial charge in [0, 0.05) is 24.0 Å². The Morgan fingerprint density at radius 2 is 1.93 bits per heavy atom. The number of carbonyl (C=O) groups is 1. The minimum atomic E-state index is -0.255. The maximum atomic E-state index is 12.7. The van der Waals surface area contributed by atoms with Crippen LogP contribution in [-0.4, -0.2) is 20.8 Å². The van der Waals surface area contributed by atoms with Gasteiger partial charge in [-0.1, -0.05) is 41.6 Å². The smallest absolute Gasteiger partial charge is 0.272 e. The van der Waals surface area contributed by atoms with Crippen LogP contribution >= 0.6 is 0 Å². The minimum absolute atomic E-state index is 0.166. The lowest BCUT2D eigenvalue weighted by Crippen LogP contribution is -2.16. The van der Waals surface area contributed by atoms with E-state index in [1.54, 1.807) is 18.2 Å². The van der Waals surface area contributed by atoms with Crippen molar-refractivity contribution in [3.63, 3.8) is 0 Å². The fraction of sp³-hybridized carbons (Fsp3) is 0.190. The van der Waals surface area contributed by atoms with Crippen LogP contribution in [0.25, 0.3) is 22.2 Å². The highest BCUT2D eigenvalue weighted by molar-refractivity contribution is 5.90. The Balaban J connectivity index is 1.41. The summed E-state index contributed by atoms with van der Waals surface area (Å²) in [5.74, 6) is 0.653. The molecule has 0 unspecified atom stereocenters. The van der Waals surface area contributed by atoms with Crippen LogP contribution in [0.1, 0.15) is 28.0 Å². The molecule has 0 saturated carbocycles. The number of aryl methyl sites for hydroxylation is 2. The van der Waals surface area contributed by atoms with Crippen molar-refractivity contribution in [2.75, 3.05) is 0 Å². The third kappa shape index (κ3) is 2.52. The van der Waals surface area contributed by atoms with E-state index in [9.17, 15) is 9.59 Å². The zero-order valence-corrected chi connectivity index (χ0v) is 14.6. The highest BCUT2D eigenvalue weighted by atomic mass is 16.5. The predicted octanol–water partition coefficient (Wildman–Crippen LogP) is 3.36. The van der Waals surface area contributed by atoms with Gasteiger partial charge in [0.15, 0.2) is 5.76 Å². The van der Waals surface area contributed by atoms with Crippen LogP contribution in [0.4, 0.5) is 0 Å². The zero-order valence-electron chi connectivity index (χ0n) is 14.6. The van der Waals surface area contributed by atoms with Gasteiger partial charge >= 0.3 is 0 Å². The minimum Gasteiger partial charge on any atom is -0.356 e. The number of H-pyrrole nitrogens is 1. The van der Waals surface area contributed by atoms with E-state index in [4.69, 9.17) is 4.52 Å². The molecule has 0 aliphatic heterocycles. The maximum Gasteiger partial charge on any atom is 0.272 e. The first kappa shape index (κ1) is 15.8. The Morgan fingerprint density at radius 1 is 1.11 bits per heavy atom. The van der Waals surface area contributed by atoms with Crippen molar-refractivity contribution >= 4 is 16.8 Å². The van der Waals surface area contributed by atoms with Crippen molar-refractivity contribution in [1.29, 1.82) is 0 Å². The molecule has 1 N–H and O–H groups in total. The molecular formula is C21H17N3O3. The summed E-state index contributed by atoms with van der Waals surface area (Å²) >= 11 is 0. The topological polar surface area (TPSA) is 80.9 Å². The van der Waals surface area contributed by atoms with E-state index in [0.29, 0.717) is 17.3 Å². The standard InChI is InChI=1S/C21H17N3O3/c25-19(24-18-8-4-3-7-16(18)21(26)22-24)12-11-17-15-10-9-13-5-1-2-6-14(13)20(15)27-23-17/h1-8H,9-12H2,(H,22,26). The van der Waals surface area contributed by atoms with Gasteiger partial charge in [0.1, 0.15) is 0 Å². The number of carbonyl (C=O) groups excluding carboxylic acids is 1. The van der Waals surface area contributed by atoms with Gasteiger partial charge in [-0.2, -0.15) is 0 Å². The normalized spacial score (nSPS) is 12.7. The molecule has 6 heteroatoms. The lowest BCUT2D eigenvalue weighted by Gasteiger charge is -2.14. The summed E-state index contributed by atoms with van der Waals surface area (Å²) in [6, 6.07) is 15.2. The monoisotopic (exact) mass is 359 g/mol. The maximum absolute atomic E-state index is 12.7. The number of rotatable bonds is 3. The van der Waals surface area contributed by atoms with Crippen molar-refractivity contribution in [3.05, 3.63) is 75.7 Å². The molecule has 27 heavy (non-hydrogen) atoms. The van der Waals surface area contributed by atoms with Gasteiger partial charge in [0.25, 0.3) is 5.56 Å². The van der Waals surface area contributed by atoms with Crippen LogP contribution in [0, 0.1) is 0 Å². The summed E-state index contributed by atoms with van der Waals surface area (Å²) in [4.78, 5) is 24.7. The molecule has 4 aromatic rings. The molecule has 2 aromatic carbocycles. The Kier molecular flexibility index (Phi) is 3.57. The average molecular weight is 359 g/mol. The van der Waals surface area contributed by atoms with E-state index in [1.807, 2.05) is 24.3 Å². The molecule has 0 amide bonds. The van der Waals surface area contributed by atoms with E-state index < -0.39 is 0 Å². The van der Waals surface area contributed by atoms with E-state index in [2.05, 4.69) is 16.3 Å². The lowest BCUT2D eigenvalue weighted by molar-refractivity contribution is 0.0891. The molecule has 2 heterocycles. The summed E-state index contributed by atoms with van der Waals surface area (Å²) in [6.07, 6.45) is 2.53. The Morgan fingerprint density at radius 3 is 2.85 bits per heavy atom. The number of nitrogens with zero attached hydrogens (tertiary/aromatic N) is 2. The predicted molar refractivity (Wildman–Crippen MR) is 101 cm³/mol. The Labute approximate surface area is 154 Å². The van der Waals surface area contributed by atoms with Crippen molar-refractivity contribution in [2.45, 2.75) is 25.7 Å². The van der Waals surface area contributed by atoms with E-state index in [1.165, 1.54) is 10.2 Å². The number of nitrogens with one attached hydrogen (secondary N) is 1. The Bertz CT molecular complexity index is 1230. The second-order valence-corrected chi connectivity index (χ2v) is 6.78. The van der Waals surface area contributed by atoms with Crippen LogP contribution in [0.15, 0.2) is 57.8 Å². The lowest BCUT2D eigenvalue weighted by atomic mass is 9.89. The number of para-hydroxylation sites is 1. The molecule has 0 spiro atoms. The molecule has 0 bridgehead atoms. The van der Waals surface area contributed by atoms with E-state index in [0.717, 1.165) is 35.4 Å². The number of benzene rings is 2. The molecule has 0 atom stereocenters. The third-order valence-electron chi connectivity index (χ3n) is 5.20. The SMILES string of the molecule is O=C(CCc1noc2c1CCc1ccccc1-2)n1[nH]c(=O)c2ccccc21. The van der Waals surface area contributed by atoms with Gasteiger partial charge in [-0.05, 0) is 30.5 Å². The largest absolute Gasteiger partial charge is 0.356 e. The highest BCUT2D eigenvalue weighted by Crippen LogP contribution is 2.35. The fourth-order valence-corrected chi connectivity index (χ4v) is 3.84. The van der Waals surface area contributed by atoms with Crippen LogP contribution in [0.3, 0.4) is 0 Å². The van der Waals surface area contributed by atoms with Crippen LogP contribution in [0.5, 0.6) is 0 Å². The quantitative estimate of drug-likeness (QED) is 0.608. The molecule has 0 fully saturated rings. The van der Waals surface area contributed by atoms with Gasteiger partial charge in [0.05, 0.1) is 16.6 Å². The van der Waals surface area contributed by atoms with Crippen molar-refractivity contribution in [2.24, 2.45) is 0 Å². The fourth-order valence-electron chi connectivity index (χ4n) is 3.84. The molecule has 134 valence electrons. The summed E-state index contributed by atoms with van der Waals surface area (Å²) in [6.45, 7) is 0. The summed E-state index contributed by atoms with van der Waals surface area (Å²) in [5.41, 5.74) is 4.61. The molecular weight excluding hydrogens is 342 g/mol. The van der Waals surface area contributed by atoms with Gasteiger partial charge in [0.2, 0.25) is 5.91 Å². The van der Waals surface area contributed by atoms with E-state index >= 15 is 0 Å². The molecule has 0 saturated heterocycles. The molecule has 1 aliphatic rings. The number of aromatic amines is 1. The van der Waals surface area contributed by atoms with Crippen molar-refractivity contribution in [1.82, 2.24) is 14.9 Å². The number of hydrogen-bond acceptors (Lipinski definition) is 4. The second kappa shape index (κ2) is 6.09. The van der Waals surface area contributed by atoms with Crippen LogP contribution in [0.2, 0.25) is 0 Å². The molecule has 0 radical (unpaired) electrons. The summed E-state index contributed by atoms with van der Waals surface area (Å²) in [7, 11) is 0. The number of fused-ring (bicyclic) bond motifs is 4. The van der Waals surface area contributed by atoms with Gasteiger partial charge < -0.3 is 4.52 Å². The average Bonchev–Trinajstić information content (AvgIpc) is 3.28. The first-order valence-corrected chi connectivity index (χ1v) is 9.01. The van der Waals surface area contributed by atoms with Crippen molar-refractivity contribution in [3.8, 4) is 11.3 Å². The number of aromatic nitrogens is 3. The molecule has 2 aromatic heterocycles. The first-order valence-electron chi connectivity index (χ1n) is 9.01. The first-order chi connectivity index (χ1) is 13.2. The summed E-state index contributed by atoms with van der Waals surface area (Å²) < 4.78 is 6.93. The molecule has 1 aliphatic carbocycles.